The maximum absolute atomic E-state index is 12.8. The number of anilines is 1. The molecule has 8 nitrogen and oxygen atoms in total. The van der Waals surface area contributed by atoms with E-state index in [2.05, 4.69) is 37.4 Å². The van der Waals surface area contributed by atoms with Crippen LogP contribution < -0.4 is 10.6 Å². The molecular weight excluding hydrogens is 392 g/mol. The third-order valence-electron chi connectivity index (χ3n) is 6.08. The van der Waals surface area contributed by atoms with Crippen LogP contribution in [0.1, 0.15) is 39.4 Å². The van der Waals surface area contributed by atoms with Crippen LogP contribution in [0.25, 0.3) is 11.6 Å². The fourth-order valence-corrected chi connectivity index (χ4v) is 4.22. The molecular formula is C23H30N6O2. The van der Waals surface area contributed by atoms with Gasteiger partial charge in [-0.1, -0.05) is 0 Å². The quantitative estimate of drug-likeness (QED) is 0.488. The van der Waals surface area contributed by atoms with E-state index >= 15 is 0 Å². The molecule has 3 N–H and O–H groups in total. The molecule has 0 unspecified atom stereocenters. The molecule has 0 aliphatic carbocycles. The van der Waals surface area contributed by atoms with Crippen LogP contribution in [0.15, 0.2) is 18.3 Å². The van der Waals surface area contributed by atoms with Gasteiger partial charge in [0.1, 0.15) is 0 Å². The van der Waals surface area contributed by atoms with Crippen molar-refractivity contribution in [3.63, 3.8) is 0 Å². The van der Waals surface area contributed by atoms with Gasteiger partial charge in [-0.2, -0.15) is 0 Å². The fourth-order valence-electron chi connectivity index (χ4n) is 4.22. The first-order valence-electron chi connectivity index (χ1n) is 10.8. The third kappa shape index (κ3) is 4.55. The number of nitrogens with zero attached hydrogens (tertiary/aromatic N) is 3. The summed E-state index contributed by atoms with van der Waals surface area (Å²) in [5, 5.41) is 5.88. The smallest absolute Gasteiger partial charge is 0.258 e. The molecule has 0 aromatic carbocycles. The lowest BCUT2D eigenvalue weighted by Crippen LogP contribution is -2.45. The van der Waals surface area contributed by atoms with Crippen LogP contribution in [0.3, 0.4) is 0 Å². The Bertz CT molecular complexity index is 1020. The average Bonchev–Trinajstić information content (AvgIpc) is 3.22. The Kier molecular flexibility index (Phi) is 6.20. The lowest BCUT2D eigenvalue weighted by Gasteiger charge is -2.32. The largest absolute Gasteiger partial charge is 0.358 e. The molecule has 0 radical (unpaired) electrons. The number of carbonyl (C=O) groups is 2. The third-order valence-corrected chi connectivity index (χ3v) is 6.08. The van der Waals surface area contributed by atoms with E-state index in [4.69, 9.17) is 0 Å². The Morgan fingerprint density at radius 2 is 2.03 bits per heavy atom. The van der Waals surface area contributed by atoms with E-state index in [1.54, 1.807) is 18.3 Å². The molecule has 0 atom stereocenters. The summed E-state index contributed by atoms with van der Waals surface area (Å²) in [6.45, 7) is 9.81. The van der Waals surface area contributed by atoms with E-state index < -0.39 is 0 Å². The van der Waals surface area contributed by atoms with Crippen molar-refractivity contribution in [2.45, 2.75) is 20.3 Å². The number of aryl methyl sites for hydroxylation is 1. The number of amides is 2. The average molecular weight is 423 g/mol. The van der Waals surface area contributed by atoms with E-state index in [1.165, 1.54) is 0 Å². The molecule has 164 valence electrons. The standard InChI is InChI=1S/C23H30N6O2/c1-15-19(14-17-21-18(27-22(17)30)6-4-7-24-21)26-16(2)20(15)23(31)25-8-5-9-29-12-10-28(3)11-13-29/h4,6-7,14,26H,5,8-13H2,1-3H3,(H,25,31)(H,27,30). The number of aromatic nitrogens is 2. The highest BCUT2D eigenvalue weighted by molar-refractivity contribution is 6.34. The molecule has 31 heavy (non-hydrogen) atoms. The van der Waals surface area contributed by atoms with Crippen molar-refractivity contribution < 1.29 is 9.59 Å². The second-order valence-corrected chi connectivity index (χ2v) is 8.33. The van der Waals surface area contributed by atoms with E-state index in [0.717, 1.165) is 56.1 Å². The number of rotatable bonds is 6. The van der Waals surface area contributed by atoms with Gasteiger partial charge in [0.15, 0.2) is 0 Å². The first-order chi connectivity index (χ1) is 14.9. The zero-order valence-corrected chi connectivity index (χ0v) is 18.4. The predicted molar refractivity (Wildman–Crippen MR) is 122 cm³/mol. The zero-order chi connectivity index (χ0) is 22.0. The van der Waals surface area contributed by atoms with Crippen LogP contribution in [-0.4, -0.2) is 77.9 Å². The van der Waals surface area contributed by atoms with Gasteiger partial charge in [0.05, 0.1) is 22.5 Å². The summed E-state index contributed by atoms with van der Waals surface area (Å²) in [5.41, 5.74) is 4.86. The number of hydrogen-bond acceptors (Lipinski definition) is 5. The van der Waals surface area contributed by atoms with Crippen molar-refractivity contribution in [2.24, 2.45) is 0 Å². The van der Waals surface area contributed by atoms with Crippen LogP contribution in [0.2, 0.25) is 0 Å². The number of fused-ring (bicyclic) bond motifs is 1. The number of aromatic amines is 1. The van der Waals surface area contributed by atoms with E-state index in [0.29, 0.717) is 29.1 Å². The van der Waals surface area contributed by atoms with Gasteiger partial charge in [0.2, 0.25) is 0 Å². The predicted octanol–water partition coefficient (Wildman–Crippen LogP) is 1.89. The number of carbonyl (C=O) groups excluding carboxylic acids is 2. The zero-order valence-electron chi connectivity index (χ0n) is 18.4. The number of nitrogens with one attached hydrogen (secondary N) is 3. The highest BCUT2D eigenvalue weighted by atomic mass is 16.2. The van der Waals surface area contributed by atoms with Crippen LogP contribution in [-0.2, 0) is 4.79 Å². The van der Waals surface area contributed by atoms with Gasteiger partial charge in [0, 0.05) is 50.3 Å². The number of pyridine rings is 1. The van der Waals surface area contributed by atoms with Gasteiger partial charge in [-0.05, 0) is 57.6 Å². The van der Waals surface area contributed by atoms with Gasteiger partial charge < -0.3 is 25.4 Å². The lowest BCUT2D eigenvalue weighted by molar-refractivity contribution is -0.110. The lowest BCUT2D eigenvalue weighted by atomic mass is 10.1. The van der Waals surface area contributed by atoms with Crippen LogP contribution >= 0.6 is 0 Å². The topological polar surface area (TPSA) is 93.4 Å². The summed E-state index contributed by atoms with van der Waals surface area (Å²) in [7, 11) is 2.15. The number of H-pyrrole nitrogens is 1. The molecule has 0 saturated carbocycles. The molecule has 1 fully saturated rings. The normalized spacial score (nSPS) is 18.3. The molecule has 2 aliphatic rings. The minimum atomic E-state index is -0.185. The molecule has 8 heteroatoms. The molecule has 2 aromatic rings. The Labute approximate surface area is 182 Å². The molecule has 4 rings (SSSR count). The fraction of sp³-hybridized carbons (Fsp3) is 0.435. The van der Waals surface area contributed by atoms with Crippen LogP contribution in [0.4, 0.5) is 5.69 Å². The van der Waals surface area contributed by atoms with Crippen molar-refractivity contribution in [1.29, 1.82) is 0 Å². The van der Waals surface area contributed by atoms with Gasteiger partial charge in [-0.15, -0.1) is 0 Å². The maximum atomic E-state index is 12.8. The minimum absolute atomic E-state index is 0.0799. The summed E-state index contributed by atoms with van der Waals surface area (Å²) in [5.74, 6) is -0.265. The van der Waals surface area contributed by atoms with Crippen molar-refractivity contribution in [1.82, 2.24) is 25.1 Å². The van der Waals surface area contributed by atoms with E-state index in [9.17, 15) is 9.59 Å². The Morgan fingerprint density at radius 3 is 2.81 bits per heavy atom. The van der Waals surface area contributed by atoms with Crippen molar-refractivity contribution >= 4 is 29.2 Å². The van der Waals surface area contributed by atoms with Gasteiger partial charge in [-0.3, -0.25) is 14.6 Å². The minimum Gasteiger partial charge on any atom is -0.358 e. The first kappa shape index (κ1) is 21.3. The van der Waals surface area contributed by atoms with Crippen molar-refractivity contribution in [2.75, 3.05) is 51.6 Å². The van der Waals surface area contributed by atoms with Crippen molar-refractivity contribution in [3.05, 3.63) is 46.5 Å². The molecule has 1 saturated heterocycles. The summed E-state index contributed by atoms with van der Waals surface area (Å²) in [4.78, 5) is 37.6. The van der Waals surface area contributed by atoms with E-state index in [-0.39, 0.29) is 11.8 Å². The highest BCUT2D eigenvalue weighted by Gasteiger charge is 2.26. The molecule has 4 heterocycles. The van der Waals surface area contributed by atoms with E-state index in [1.807, 2.05) is 19.9 Å². The van der Waals surface area contributed by atoms with Crippen molar-refractivity contribution in [3.8, 4) is 0 Å². The molecule has 2 aromatic heterocycles. The maximum Gasteiger partial charge on any atom is 0.258 e. The number of hydrogen-bond donors (Lipinski definition) is 3. The summed E-state index contributed by atoms with van der Waals surface area (Å²) in [6, 6.07) is 3.62. The van der Waals surface area contributed by atoms with Gasteiger partial charge >= 0.3 is 0 Å². The highest BCUT2D eigenvalue weighted by Crippen LogP contribution is 2.32. The molecule has 0 spiro atoms. The van der Waals surface area contributed by atoms with Crippen LogP contribution in [0, 0.1) is 13.8 Å². The summed E-state index contributed by atoms with van der Waals surface area (Å²) >= 11 is 0. The van der Waals surface area contributed by atoms with Gasteiger partial charge in [0.25, 0.3) is 11.8 Å². The Hall–Kier alpha value is -2.97. The molecule has 0 bridgehead atoms. The molecule has 2 amide bonds. The SMILES string of the molecule is Cc1[nH]c(C=C2C(=O)Nc3cccnc32)c(C)c1C(=O)NCCCN1CCN(C)CC1. The molecule has 2 aliphatic heterocycles. The Morgan fingerprint density at radius 1 is 1.26 bits per heavy atom. The summed E-state index contributed by atoms with van der Waals surface area (Å²) in [6.07, 6.45) is 4.37. The van der Waals surface area contributed by atoms with Gasteiger partial charge in [-0.25, -0.2) is 0 Å². The summed E-state index contributed by atoms with van der Waals surface area (Å²) < 4.78 is 0. The monoisotopic (exact) mass is 422 g/mol. The Balaban J connectivity index is 1.40. The number of piperazine rings is 1. The second-order valence-electron chi connectivity index (χ2n) is 8.33. The number of likely N-dealkylation sites (N-methyl/N-ethyl adjacent to an activating group) is 1. The van der Waals surface area contributed by atoms with Crippen LogP contribution in [0.5, 0.6) is 0 Å². The second kappa shape index (κ2) is 9.03. The first-order valence-corrected chi connectivity index (χ1v) is 10.8.